The molecule has 0 aromatic carbocycles. The van der Waals surface area contributed by atoms with E-state index in [1.165, 1.54) is 6.92 Å². The first kappa shape index (κ1) is 9.45. The highest BCUT2D eigenvalue weighted by Gasteiger charge is 2.26. The highest BCUT2D eigenvalue weighted by molar-refractivity contribution is 5.72. The van der Waals surface area contributed by atoms with Crippen molar-refractivity contribution in [3.8, 4) is 0 Å². The van der Waals surface area contributed by atoms with Crippen molar-refractivity contribution >= 4 is 5.91 Å². The van der Waals surface area contributed by atoms with E-state index in [0.29, 0.717) is 25.7 Å². The molecule has 70 valence electrons. The van der Waals surface area contributed by atoms with E-state index in [1.54, 1.807) is 0 Å². The van der Waals surface area contributed by atoms with E-state index in [2.05, 4.69) is 0 Å². The van der Waals surface area contributed by atoms with Gasteiger partial charge < -0.3 is 5.11 Å². The number of hydrogen-bond acceptors (Lipinski definition) is 2. The van der Waals surface area contributed by atoms with Gasteiger partial charge >= 0.3 is 0 Å². The SMILES string of the molecule is CC(=O)N(F)C1CCC(O)CC1. The van der Waals surface area contributed by atoms with Crippen LogP contribution in [0.3, 0.4) is 0 Å². The van der Waals surface area contributed by atoms with Crippen LogP contribution in [0.4, 0.5) is 4.48 Å². The van der Waals surface area contributed by atoms with Crippen molar-refractivity contribution in [3.05, 3.63) is 0 Å². The third kappa shape index (κ3) is 2.17. The maximum atomic E-state index is 12.9. The summed E-state index contributed by atoms with van der Waals surface area (Å²) in [5, 5.41) is 9.41. The molecule has 12 heavy (non-hydrogen) atoms. The van der Waals surface area contributed by atoms with Crippen molar-refractivity contribution < 1.29 is 14.4 Å². The smallest absolute Gasteiger partial charge is 0.247 e. The summed E-state index contributed by atoms with van der Waals surface area (Å²) in [6, 6.07) is -0.314. The van der Waals surface area contributed by atoms with Gasteiger partial charge in [-0.2, -0.15) is 5.12 Å². The Morgan fingerprint density at radius 3 is 2.33 bits per heavy atom. The second-order valence-electron chi connectivity index (χ2n) is 3.29. The molecule has 0 heterocycles. The Morgan fingerprint density at radius 1 is 1.42 bits per heavy atom. The summed E-state index contributed by atoms with van der Waals surface area (Å²) in [6.45, 7) is 1.21. The summed E-state index contributed by atoms with van der Waals surface area (Å²) < 4.78 is 12.9. The van der Waals surface area contributed by atoms with Crippen molar-refractivity contribution in [2.45, 2.75) is 44.8 Å². The van der Waals surface area contributed by atoms with Crippen molar-refractivity contribution in [3.63, 3.8) is 0 Å². The highest BCUT2D eigenvalue weighted by Crippen LogP contribution is 2.23. The second-order valence-corrected chi connectivity index (χ2v) is 3.29. The van der Waals surface area contributed by atoms with Crippen LogP contribution in [0.5, 0.6) is 0 Å². The minimum absolute atomic E-state index is 0.284. The molecular formula is C8H14FNO2. The van der Waals surface area contributed by atoms with Crippen LogP contribution in [0.1, 0.15) is 32.6 Å². The van der Waals surface area contributed by atoms with Crippen LogP contribution >= 0.6 is 0 Å². The maximum absolute atomic E-state index is 12.9. The third-order valence-electron chi connectivity index (χ3n) is 2.29. The minimum atomic E-state index is -0.545. The zero-order chi connectivity index (χ0) is 9.14. The predicted octanol–water partition coefficient (Wildman–Crippen LogP) is 1.02. The topological polar surface area (TPSA) is 40.5 Å². The Morgan fingerprint density at radius 2 is 1.92 bits per heavy atom. The van der Waals surface area contributed by atoms with Gasteiger partial charge in [0.05, 0.1) is 12.1 Å². The quantitative estimate of drug-likeness (QED) is 0.604. The summed E-state index contributed by atoms with van der Waals surface area (Å²) >= 11 is 0. The first-order valence-electron chi connectivity index (χ1n) is 4.25. The van der Waals surface area contributed by atoms with Crippen molar-refractivity contribution in [1.29, 1.82) is 0 Å². The molecule has 0 aromatic rings. The molecule has 1 amide bonds. The first-order valence-corrected chi connectivity index (χ1v) is 4.25. The number of carbonyl (C=O) groups is 1. The molecule has 0 saturated heterocycles. The van der Waals surface area contributed by atoms with Gasteiger partial charge in [0.1, 0.15) is 0 Å². The average Bonchev–Trinajstić information content (AvgIpc) is 2.04. The van der Waals surface area contributed by atoms with Gasteiger partial charge in [0.25, 0.3) is 0 Å². The molecule has 1 aliphatic carbocycles. The fourth-order valence-corrected chi connectivity index (χ4v) is 1.54. The van der Waals surface area contributed by atoms with Crippen LogP contribution in [0, 0.1) is 0 Å². The molecule has 1 fully saturated rings. The summed E-state index contributed by atoms with van der Waals surface area (Å²) in [7, 11) is 0. The lowest BCUT2D eigenvalue weighted by molar-refractivity contribution is -0.152. The zero-order valence-corrected chi connectivity index (χ0v) is 7.16. The van der Waals surface area contributed by atoms with Crippen molar-refractivity contribution in [2.75, 3.05) is 0 Å². The normalized spacial score (nSPS) is 29.9. The standard InChI is InChI=1S/C8H14FNO2/c1-6(11)10(9)7-2-4-8(12)5-3-7/h7-8,12H,2-5H2,1H3. The Bertz CT molecular complexity index is 166. The van der Waals surface area contributed by atoms with Crippen molar-refractivity contribution in [1.82, 2.24) is 5.12 Å². The molecule has 0 unspecified atom stereocenters. The van der Waals surface area contributed by atoms with Gasteiger partial charge in [0.15, 0.2) is 0 Å². The van der Waals surface area contributed by atoms with Gasteiger partial charge in [-0.1, -0.05) is 4.48 Å². The van der Waals surface area contributed by atoms with E-state index in [1.807, 2.05) is 0 Å². The number of nitrogens with zero attached hydrogens (tertiary/aromatic N) is 1. The first-order chi connectivity index (χ1) is 5.61. The Kier molecular flexibility index (Phi) is 3.03. The van der Waals surface area contributed by atoms with Gasteiger partial charge in [-0.15, -0.1) is 0 Å². The van der Waals surface area contributed by atoms with Crippen LogP contribution in [0.2, 0.25) is 0 Å². The molecule has 1 rings (SSSR count). The van der Waals surface area contributed by atoms with Gasteiger partial charge in [-0.3, -0.25) is 4.79 Å². The van der Waals surface area contributed by atoms with Crippen LogP contribution in [-0.2, 0) is 4.79 Å². The number of hydrogen-bond donors (Lipinski definition) is 1. The molecule has 0 atom stereocenters. The molecule has 0 aromatic heterocycles. The molecule has 1 N–H and O–H groups in total. The Balaban J connectivity index is 2.39. The fraction of sp³-hybridized carbons (Fsp3) is 0.875. The minimum Gasteiger partial charge on any atom is -0.393 e. The molecule has 1 aliphatic rings. The third-order valence-corrected chi connectivity index (χ3v) is 2.29. The van der Waals surface area contributed by atoms with E-state index in [0.717, 1.165) is 0 Å². The number of carbonyl (C=O) groups excluding carboxylic acids is 1. The van der Waals surface area contributed by atoms with Crippen LogP contribution < -0.4 is 0 Å². The fourth-order valence-electron chi connectivity index (χ4n) is 1.54. The lowest BCUT2D eigenvalue weighted by atomic mass is 9.93. The summed E-state index contributed by atoms with van der Waals surface area (Å²) in [4.78, 5) is 10.6. The monoisotopic (exact) mass is 175 g/mol. The number of amides is 1. The van der Waals surface area contributed by atoms with Crippen LogP contribution in [0.25, 0.3) is 0 Å². The lowest BCUT2D eigenvalue weighted by Gasteiger charge is -2.28. The molecule has 0 aliphatic heterocycles. The molecule has 0 spiro atoms. The van der Waals surface area contributed by atoms with Gasteiger partial charge in [-0.05, 0) is 25.7 Å². The summed E-state index contributed by atoms with van der Waals surface area (Å²) in [6.07, 6.45) is 2.02. The molecule has 3 nitrogen and oxygen atoms in total. The van der Waals surface area contributed by atoms with E-state index < -0.39 is 5.91 Å². The maximum Gasteiger partial charge on any atom is 0.247 e. The van der Waals surface area contributed by atoms with Crippen molar-refractivity contribution in [2.24, 2.45) is 0 Å². The van der Waals surface area contributed by atoms with Gasteiger partial charge in [0.2, 0.25) is 5.91 Å². The summed E-state index contributed by atoms with van der Waals surface area (Å²) in [5.74, 6) is -0.545. The average molecular weight is 175 g/mol. The van der Waals surface area contributed by atoms with E-state index >= 15 is 0 Å². The van der Waals surface area contributed by atoms with E-state index in [4.69, 9.17) is 5.11 Å². The largest absolute Gasteiger partial charge is 0.393 e. The second kappa shape index (κ2) is 3.85. The van der Waals surface area contributed by atoms with Crippen LogP contribution in [0.15, 0.2) is 0 Å². The lowest BCUT2D eigenvalue weighted by Crippen LogP contribution is -2.36. The molecule has 0 bridgehead atoms. The Hall–Kier alpha value is -0.640. The number of aliphatic hydroxyl groups is 1. The predicted molar refractivity (Wildman–Crippen MR) is 41.9 cm³/mol. The van der Waals surface area contributed by atoms with Gasteiger partial charge in [0, 0.05) is 6.92 Å². The molecule has 4 heteroatoms. The highest BCUT2D eigenvalue weighted by atomic mass is 19.2. The summed E-state index contributed by atoms with van der Waals surface area (Å²) in [5.41, 5.74) is 0. The number of halogens is 1. The molecular weight excluding hydrogens is 161 g/mol. The van der Waals surface area contributed by atoms with E-state index in [-0.39, 0.29) is 17.3 Å². The number of rotatable bonds is 1. The Labute approximate surface area is 71.1 Å². The van der Waals surface area contributed by atoms with E-state index in [9.17, 15) is 9.28 Å². The number of aliphatic hydroxyl groups excluding tert-OH is 1. The van der Waals surface area contributed by atoms with Crippen LogP contribution in [-0.4, -0.2) is 28.3 Å². The molecule has 1 saturated carbocycles. The molecule has 0 radical (unpaired) electrons. The van der Waals surface area contributed by atoms with Gasteiger partial charge in [-0.25, -0.2) is 0 Å². The zero-order valence-electron chi connectivity index (χ0n) is 7.16.